The fourth-order valence-corrected chi connectivity index (χ4v) is 4.17. The van der Waals surface area contributed by atoms with Crippen LogP contribution in [0.4, 0.5) is 10.5 Å². The van der Waals surface area contributed by atoms with Crippen LogP contribution in [0.2, 0.25) is 10.0 Å². The highest BCUT2D eigenvalue weighted by atomic mass is 35.5. The Morgan fingerprint density at radius 3 is 2.26 bits per heavy atom. The topological polar surface area (TPSA) is 84.8 Å². The molecule has 0 radical (unpaired) electrons. The maximum atomic E-state index is 12.3. The van der Waals surface area contributed by atoms with Crippen molar-refractivity contribution in [2.45, 2.75) is 52.1 Å². The van der Waals surface area contributed by atoms with Crippen LogP contribution in [0.15, 0.2) is 41.7 Å². The van der Waals surface area contributed by atoms with Crippen molar-refractivity contribution >= 4 is 35.0 Å². The van der Waals surface area contributed by atoms with Gasteiger partial charge in [0.05, 0.1) is 21.4 Å². The summed E-state index contributed by atoms with van der Waals surface area (Å²) in [5, 5.41) is 2.43. The van der Waals surface area contributed by atoms with Crippen molar-refractivity contribution < 1.29 is 9.53 Å². The van der Waals surface area contributed by atoms with E-state index in [1.165, 1.54) is 5.01 Å². The predicted molar refractivity (Wildman–Crippen MR) is 127 cm³/mol. The largest absolute Gasteiger partial charge is 0.444 e. The van der Waals surface area contributed by atoms with E-state index in [4.69, 9.17) is 39.5 Å². The van der Waals surface area contributed by atoms with Crippen LogP contribution in [0.5, 0.6) is 0 Å². The van der Waals surface area contributed by atoms with Crippen molar-refractivity contribution in [2.75, 3.05) is 18.1 Å². The maximum Gasteiger partial charge on any atom is 0.410 e. The van der Waals surface area contributed by atoms with Gasteiger partial charge in [-0.15, -0.1) is 0 Å². The number of rotatable bonds is 5. The fraction of sp³-hybridized carbons (Fsp3) is 0.522. The summed E-state index contributed by atoms with van der Waals surface area (Å²) in [4.78, 5) is 14.0. The van der Waals surface area contributed by atoms with E-state index in [-0.39, 0.29) is 6.09 Å². The summed E-state index contributed by atoms with van der Waals surface area (Å²) >= 11 is 12.7. The number of carbonyl (C=O) groups excluding carboxylic acids is 1. The number of likely N-dealkylation sites (tertiary alicyclic amines) is 1. The molecule has 0 aromatic heterocycles. The number of para-hydroxylation sites is 1. The molecule has 170 valence electrons. The Morgan fingerprint density at radius 2 is 1.74 bits per heavy atom. The SMILES string of the molecule is CC(C)(C)OC(=O)N1CCC(/C=C/C(=C(/N)C2CC2)N(N)c2c(Cl)cccc2Cl)CC1. The summed E-state index contributed by atoms with van der Waals surface area (Å²) < 4.78 is 5.48. The molecule has 8 heteroatoms. The molecule has 1 aliphatic heterocycles. The van der Waals surface area contributed by atoms with Gasteiger partial charge in [-0.25, -0.2) is 10.6 Å². The first-order chi connectivity index (χ1) is 14.6. The maximum absolute atomic E-state index is 12.3. The number of hydrogen-bond acceptors (Lipinski definition) is 5. The highest BCUT2D eigenvalue weighted by molar-refractivity contribution is 6.39. The molecule has 1 aromatic carbocycles. The van der Waals surface area contributed by atoms with Gasteiger partial charge in [-0.05, 0) is 70.6 Å². The van der Waals surface area contributed by atoms with Gasteiger partial charge in [0, 0.05) is 24.7 Å². The van der Waals surface area contributed by atoms with Crippen LogP contribution >= 0.6 is 23.2 Å². The lowest BCUT2D eigenvalue weighted by Gasteiger charge is -2.32. The first kappa shape index (κ1) is 23.8. The van der Waals surface area contributed by atoms with E-state index in [1.54, 1.807) is 23.1 Å². The highest BCUT2D eigenvalue weighted by Crippen LogP contribution is 2.39. The Kier molecular flexibility index (Phi) is 7.45. The van der Waals surface area contributed by atoms with Crippen LogP contribution in [0, 0.1) is 11.8 Å². The van der Waals surface area contributed by atoms with Crippen LogP contribution in [0.25, 0.3) is 0 Å². The summed E-state index contributed by atoms with van der Waals surface area (Å²) in [6.45, 7) is 6.94. The highest BCUT2D eigenvalue weighted by Gasteiger charge is 2.29. The Labute approximate surface area is 194 Å². The average Bonchev–Trinajstić information content (AvgIpc) is 3.52. The van der Waals surface area contributed by atoms with Crippen LogP contribution < -0.4 is 16.6 Å². The van der Waals surface area contributed by atoms with E-state index in [0.717, 1.165) is 31.4 Å². The minimum atomic E-state index is -0.488. The Hall–Kier alpha value is -1.89. The molecule has 1 saturated heterocycles. The normalized spacial score (nSPS) is 18.8. The van der Waals surface area contributed by atoms with Gasteiger partial charge in [0.1, 0.15) is 5.60 Å². The number of allylic oxidation sites excluding steroid dienone is 3. The van der Waals surface area contributed by atoms with Gasteiger partial charge in [0.2, 0.25) is 0 Å². The third-order valence-electron chi connectivity index (χ3n) is 5.47. The number of anilines is 1. The van der Waals surface area contributed by atoms with E-state index >= 15 is 0 Å². The third kappa shape index (κ3) is 6.31. The number of hydrazine groups is 1. The molecule has 31 heavy (non-hydrogen) atoms. The van der Waals surface area contributed by atoms with Crippen LogP contribution in [0.1, 0.15) is 46.5 Å². The molecular weight excluding hydrogens is 435 g/mol. The van der Waals surface area contributed by atoms with E-state index < -0.39 is 5.60 Å². The van der Waals surface area contributed by atoms with Gasteiger partial charge >= 0.3 is 6.09 Å². The number of nitrogens with two attached hydrogens (primary N) is 2. The Bertz CT molecular complexity index is 847. The molecule has 1 aliphatic carbocycles. The van der Waals surface area contributed by atoms with Crippen LogP contribution in [-0.4, -0.2) is 29.7 Å². The molecule has 1 amide bonds. The van der Waals surface area contributed by atoms with Crippen LogP contribution in [0.3, 0.4) is 0 Å². The zero-order valence-corrected chi connectivity index (χ0v) is 19.9. The molecule has 1 aromatic rings. The zero-order valence-electron chi connectivity index (χ0n) is 18.4. The quantitative estimate of drug-likeness (QED) is 0.341. The molecule has 0 unspecified atom stereocenters. The number of piperidine rings is 1. The number of hydrogen-bond donors (Lipinski definition) is 2. The molecule has 4 N–H and O–H groups in total. The zero-order chi connectivity index (χ0) is 22.8. The van der Waals surface area contributed by atoms with Gasteiger partial charge in [-0.1, -0.05) is 35.3 Å². The summed E-state index contributed by atoms with van der Waals surface area (Å²) in [6.07, 6.45) is 7.66. The van der Waals surface area contributed by atoms with Gasteiger partial charge in [-0.2, -0.15) is 0 Å². The summed E-state index contributed by atoms with van der Waals surface area (Å²) in [5.41, 5.74) is 7.96. The van der Waals surface area contributed by atoms with E-state index in [9.17, 15) is 4.79 Å². The number of nitrogens with zero attached hydrogens (tertiary/aromatic N) is 2. The first-order valence-corrected chi connectivity index (χ1v) is 11.5. The van der Waals surface area contributed by atoms with E-state index in [0.29, 0.717) is 46.4 Å². The molecule has 1 heterocycles. The lowest BCUT2D eigenvalue weighted by molar-refractivity contribution is 0.0197. The van der Waals surface area contributed by atoms with Gasteiger partial charge < -0.3 is 15.4 Å². The molecule has 1 saturated carbocycles. The van der Waals surface area contributed by atoms with Crippen molar-refractivity contribution in [1.29, 1.82) is 0 Å². The molecule has 0 spiro atoms. The molecule has 2 fully saturated rings. The molecular formula is C23H32Cl2N4O2. The predicted octanol–water partition coefficient (Wildman–Crippen LogP) is 5.46. The first-order valence-electron chi connectivity index (χ1n) is 10.7. The monoisotopic (exact) mass is 466 g/mol. The second-order valence-electron chi connectivity index (χ2n) is 9.22. The molecule has 6 nitrogen and oxygen atoms in total. The average molecular weight is 467 g/mol. The van der Waals surface area contributed by atoms with Gasteiger partial charge in [0.15, 0.2) is 0 Å². The number of carbonyl (C=O) groups is 1. The van der Waals surface area contributed by atoms with E-state index in [1.807, 2.05) is 26.8 Å². The summed E-state index contributed by atoms with van der Waals surface area (Å²) in [5.74, 6) is 7.10. The lowest BCUT2D eigenvalue weighted by atomic mass is 9.96. The standard InChI is InChI=1S/C23H32Cl2N4O2/c1-23(2,3)31-22(30)28-13-11-15(12-14-28)7-10-19(20(26)16-8-9-16)29(27)21-17(24)5-4-6-18(21)25/h4-7,10,15-16H,8-9,11-14,26-27H2,1-3H3/b10-7+,20-19-. The lowest BCUT2D eigenvalue weighted by Crippen LogP contribution is -2.41. The summed E-state index contributed by atoms with van der Waals surface area (Å²) in [6, 6.07) is 5.29. The number of benzene rings is 1. The molecule has 3 rings (SSSR count). The van der Waals surface area contributed by atoms with Gasteiger partial charge in [-0.3, -0.25) is 5.01 Å². The van der Waals surface area contributed by atoms with Crippen molar-refractivity contribution in [2.24, 2.45) is 23.4 Å². The molecule has 2 aliphatic rings. The number of ether oxygens (including phenoxy) is 1. The second kappa shape index (κ2) is 9.72. The Morgan fingerprint density at radius 1 is 1.16 bits per heavy atom. The molecule has 0 atom stereocenters. The minimum absolute atomic E-state index is 0.255. The molecule has 0 bridgehead atoms. The second-order valence-corrected chi connectivity index (χ2v) is 10.0. The van der Waals surface area contributed by atoms with Crippen LogP contribution in [-0.2, 0) is 4.74 Å². The van der Waals surface area contributed by atoms with Crippen molar-refractivity contribution in [3.63, 3.8) is 0 Å². The van der Waals surface area contributed by atoms with Gasteiger partial charge in [0.25, 0.3) is 0 Å². The smallest absolute Gasteiger partial charge is 0.410 e. The third-order valence-corrected chi connectivity index (χ3v) is 6.08. The fourth-order valence-electron chi connectivity index (χ4n) is 3.59. The number of halogens is 2. The minimum Gasteiger partial charge on any atom is -0.444 e. The summed E-state index contributed by atoms with van der Waals surface area (Å²) in [7, 11) is 0. The van der Waals surface area contributed by atoms with E-state index in [2.05, 4.69) is 6.08 Å². The Balaban J connectivity index is 1.71. The number of amides is 1. The van der Waals surface area contributed by atoms with Crippen molar-refractivity contribution in [3.8, 4) is 0 Å². The van der Waals surface area contributed by atoms with Crippen molar-refractivity contribution in [1.82, 2.24) is 4.90 Å². The van der Waals surface area contributed by atoms with Crippen molar-refractivity contribution in [3.05, 3.63) is 51.8 Å².